The van der Waals surface area contributed by atoms with Gasteiger partial charge >= 0.3 is 12.0 Å². The summed E-state index contributed by atoms with van der Waals surface area (Å²) in [6.45, 7) is 5.71. The molecule has 1 aromatic rings. The lowest BCUT2D eigenvalue weighted by Gasteiger charge is -2.31. The van der Waals surface area contributed by atoms with Gasteiger partial charge in [-0.2, -0.15) is 0 Å². The summed E-state index contributed by atoms with van der Waals surface area (Å²) in [5.41, 5.74) is 1.26. The lowest BCUT2D eigenvalue weighted by atomic mass is 9.97. The molecular formula is C19H29N3O3. The first-order chi connectivity index (χ1) is 12.1. The summed E-state index contributed by atoms with van der Waals surface area (Å²) in [4.78, 5) is 27.9. The molecule has 2 amide bonds. The molecule has 1 aromatic carbocycles. The predicted molar refractivity (Wildman–Crippen MR) is 97.1 cm³/mol. The van der Waals surface area contributed by atoms with Crippen LogP contribution in [0, 0.1) is 5.92 Å². The summed E-state index contributed by atoms with van der Waals surface area (Å²) >= 11 is 0. The van der Waals surface area contributed by atoms with Gasteiger partial charge in [0.15, 0.2) is 0 Å². The zero-order valence-electron chi connectivity index (χ0n) is 15.2. The number of carbonyl (C=O) groups is 2. The van der Waals surface area contributed by atoms with Crippen molar-refractivity contribution in [2.75, 3.05) is 39.8 Å². The van der Waals surface area contributed by atoms with Gasteiger partial charge in [0.1, 0.15) is 0 Å². The van der Waals surface area contributed by atoms with E-state index in [2.05, 4.69) is 22.3 Å². The van der Waals surface area contributed by atoms with E-state index in [1.807, 2.05) is 32.2 Å². The summed E-state index contributed by atoms with van der Waals surface area (Å²) in [5.74, 6) is -0.203. The molecule has 0 aromatic heterocycles. The Morgan fingerprint density at radius 3 is 2.56 bits per heavy atom. The Balaban J connectivity index is 1.63. The van der Waals surface area contributed by atoms with Crippen LogP contribution in [-0.2, 0) is 16.1 Å². The molecule has 0 spiro atoms. The first-order valence-corrected chi connectivity index (χ1v) is 9.02. The summed E-state index contributed by atoms with van der Waals surface area (Å²) < 4.78 is 5.05. The van der Waals surface area contributed by atoms with E-state index in [0.717, 1.165) is 13.1 Å². The third-order valence-electron chi connectivity index (χ3n) is 4.47. The summed E-state index contributed by atoms with van der Waals surface area (Å²) in [5, 5.41) is 2.97. The molecule has 6 nitrogen and oxygen atoms in total. The summed E-state index contributed by atoms with van der Waals surface area (Å²) in [6.07, 6.45) is 1.36. The predicted octanol–water partition coefficient (Wildman–Crippen LogP) is 2.10. The van der Waals surface area contributed by atoms with Crippen LogP contribution in [-0.4, -0.2) is 61.6 Å². The number of piperidine rings is 1. The van der Waals surface area contributed by atoms with Gasteiger partial charge in [0.2, 0.25) is 0 Å². The number of hydrogen-bond acceptors (Lipinski definition) is 4. The molecule has 1 N–H and O–H groups in total. The van der Waals surface area contributed by atoms with Crippen LogP contribution in [0.3, 0.4) is 0 Å². The highest BCUT2D eigenvalue weighted by Crippen LogP contribution is 2.18. The van der Waals surface area contributed by atoms with Crippen LogP contribution < -0.4 is 5.32 Å². The van der Waals surface area contributed by atoms with Crippen LogP contribution in [0.5, 0.6) is 0 Å². The van der Waals surface area contributed by atoms with E-state index >= 15 is 0 Å². The number of amides is 2. The average Bonchev–Trinajstić information content (AvgIpc) is 2.63. The number of rotatable bonds is 7. The fraction of sp³-hybridized carbons (Fsp3) is 0.579. The van der Waals surface area contributed by atoms with Gasteiger partial charge in [0.05, 0.1) is 12.5 Å². The van der Waals surface area contributed by atoms with Crippen LogP contribution in [0.2, 0.25) is 0 Å². The van der Waals surface area contributed by atoms with Crippen molar-refractivity contribution in [1.29, 1.82) is 0 Å². The molecule has 2 rings (SSSR count). The molecule has 0 unspecified atom stereocenters. The van der Waals surface area contributed by atoms with Gasteiger partial charge in [-0.1, -0.05) is 30.3 Å². The lowest BCUT2D eigenvalue weighted by molar-refractivity contribution is -0.149. The van der Waals surface area contributed by atoms with Gasteiger partial charge in [-0.05, 0) is 32.4 Å². The Morgan fingerprint density at radius 1 is 1.24 bits per heavy atom. The van der Waals surface area contributed by atoms with E-state index in [-0.39, 0.29) is 17.9 Å². The van der Waals surface area contributed by atoms with E-state index in [0.29, 0.717) is 39.1 Å². The van der Waals surface area contributed by atoms with Crippen molar-refractivity contribution < 1.29 is 14.3 Å². The number of hydrogen-bond donors (Lipinski definition) is 1. The molecule has 0 radical (unpaired) electrons. The molecule has 1 fully saturated rings. The first kappa shape index (κ1) is 19.2. The van der Waals surface area contributed by atoms with Gasteiger partial charge in [-0.15, -0.1) is 0 Å². The van der Waals surface area contributed by atoms with Crippen LogP contribution >= 0.6 is 0 Å². The van der Waals surface area contributed by atoms with Crippen molar-refractivity contribution in [3.8, 4) is 0 Å². The summed E-state index contributed by atoms with van der Waals surface area (Å²) in [7, 11) is 2.05. The Morgan fingerprint density at radius 2 is 1.92 bits per heavy atom. The largest absolute Gasteiger partial charge is 0.466 e. The molecule has 1 aliphatic rings. The van der Waals surface area contributed by atoms with Crippen molar-refractivity contribution in [1.82, 2.24) is 15.1 Å². The zero-order chi connectivity index (χ0) is 18.1. The topological polar surface area (TPSA) is 61.9 Å². The minimum atomic E-state index is -0.134. The van der Waals surface area contributed by atoms with E-state index in [9.17, 15) is 9.59 Å². The van der Waals surface area contributed by atoms with Crippen LogP contribution in [0.25, 0.3) is 0 Å². The number of esters is 1. The van der Waals surface area contributed by atoms with Gasteiger partial charge < -0.3 is 19.9 Å². The lowest BCUT2D eigenvalue weighted by Crippen LogP contribution is -2.47. The maximum atomic E-state index is 12.2. The highest BCUT2D eigenvalue weighted by atomic mass is 16.5. The van der Waals surface area contributed by atoms with E-state index < -0.39 is 0 Å². The maximum absolute atomic E-state index is 12.2. The third-order valence-corrected chi connectivity index (χ3v) is 4.47. The van der Waals surface area contributed by atoms with Crippen molar-refractivity contribution in [2.45, 2.75) is 26.3 Å². The molecule has 0 saturated carbocycles. The van der Waals surface area contributed by atoms with E-state index in [1.165, 1.54) is 5.56 Å². The standard InChI is InChI=1S/C19H29N3O3/c1-3-25-18(23)17-9-12-22(13-10-17)19(24)20-11-14-21(2)15-16-7-5-4-6-8-16/h4-8,17H,3,9-15H2,1-2H3,(H,20,24). The van der Waals surface area contributed by atoms with Gasteiger partial charge in [0.25, 0.3) is 0 Å². The highest BCUT2D eigenvalue weighted by Gasteiger charge is 2.27. The molecule has 6 heteroatoms. The molecule has 138 valence electrons. The van der Waals surface area contributed by atoms with Crippen molar-refractivity contribution in [3.63, 3.8) is 0 Å². The normalized spacial score (nSPS) is 15.2. The molecule has 0 atom stereocenters. The second kappa shape index (κ2) is 10.0. The Labute approximate surface area is 150 Å². The number of ether oxygens (including phenoxy) is 1. The minimum absolute atomic E-state index is 0.0459. The number of urea groups is 1. The number of nitrogens with zero attached hydrogens (tertiary/aromatic N) is 2. The first-order valence-electron chi connectivity index (χ1n) is 9.02. The smallest absolute Gasteiger partial charge is 0.317 e. The molecule has 0 bridgehead atoms. The maximum Gasteiger partial charge on any atom is 0.317 e. The van der Waals surface area contributed by atoms with Gasteiger partial charge in [-0.3, -0.25) is 4.79 Å². The minimum Gasteiger partial charge on any atom is -0.466 e. The van der Waals surface area contributed by atoms with Crippen LogP contribution in [0.4, 0.5) is 4.79 Å². The van der Waals surface area contributed by atoms with Crippen molar-refractivity contribution >= 4 is 12.0 Å². The van der Waals surface area contributed by atoms with E-state index in [1.54, 1.807) is 4.90 Å². The van der Waals surface area contributed by atoms with Gasteiger partial charge in [0, 0.05) is 32.7 Å². The van der Waals surface area contributed by atoms with Crippen molar-refractivity contribution in [2.24, 2.45) is 5.92 Å². The Hall–Kier alpha value is -2.08. The van der Waals surface area contributed by atoms with Gasteiger partial charge in [-0.25, -0.2) is 4.79 Å². The number of nitrogens with one attached hydrogen (secondary N) is 1. The SMILES string of the molecule is CCOC(=O)C1CCN(C(=O)NCCN(C)Cc2ccccc2)CC1. The second-order valence-electron chi connectivity index (χ2n) is 6.47. The molecule has 1 saturated heterocycles. The van der Waals surface area contributed by atoms with Crippen LogP contribution in [0.15, 0.2) is 30.3 Å². The molecule has 0 aliphatic carbocycles. The Bertz CT molecular complexity index is 542. The van der Waals surface area contributed by atoms with Crippen molar-refractivity contribution in [3.05, 3.63) is 35.9 Å². The fourth-order valence-corrected chi connectivity index (χ4v) is 3.02. The number of likely N-dealkylation sites (N-methyl/N-ethyl adjacent to an activating group) is 1. The number of likely N-dealkylation sites (tertiary alicyclic amines) is 1. The quantitative estimate of drug-likeness (QED) is 0.768. The molecule has 1 heterocycles. The zero-order valence-corrected chi connectivity index (χ0v) is 15.2. The second-order valence-corrected chi connectivity index (χ2v) is 6.47. The Kier molecular flexibility index (Phi) is 7.73. The monoisotopic (exact) mass is 347 g/mol. The fourth-order valence-electron chi connectivity index (χ4n) is 3.02. The molecule has 1 aliphatic heterocycles. The molecular weight excluding hydrogens is 318 g/mol. The summed E-state index contributed by atoms with van der Waals surface area (Å²) in [6, 6.07) is 10.2. The van der Waals surface area contributed by atoms with Crippen LogP contribution in [0.1, 0.15) is 25.3 Å². The number of carbonyl (C=O) groups excluding carboxylic acids is 2. The number of benzene rings is 1. The molecule has 25 heavy (non-hydrogen) atoms. The third kappa shape index (κ3) is 6.38. The average molecular weight is 347 g/mol. The van der Waals surface area contributed by atoms with E-state index in [4.69, 9.17) is 4.74 Å². The highest BCUT2D eigenvalue weighted by molar-refractivity contribution is 5.76.